The molecule has 0 aliphatic carbocycles. The second kappa shape index (κ2) is 8.26. The average Bonchev–Trinajstić information content (AvgIpc) is 2.44. The molecule has 0 nitrogen and oxygen atoms in total. The van der Waals surface area contributed by atoms with E-state index in [0.717, 1.165) is 0 Å². The summed E-state index contributed by atoms with van der Waals surface area (Å²) in [7, 11) is 0. The van der Waals surface area contributed by atoms with Crippen LogP contribution in [0.4, 0.5) is 0 Å². The third kappa shape index (κ3) is 4.39. The molecule has 1 aromatic carbocycles. The van der Waals surface area contributed by atoms with Crippen LogP contribution >= 0.6 is 151 Å². The molecule has 0 unspecified atom stereocenters. The van der Waals surface area contributed by atoms with Gasteiger partial charge in [0.25, 0.3) is 0 Å². The number of rotatable bonds is 4. The van der Waals surface area contributed by atoms with Gasteiger partial charge < -0.3 is 0 Å². The Morgan fingerprint density at radius 3 is 1.24 bits per heavy atom. The van der Waals surface area contributed by atoms with Gasteiger partial charge in [-0.1, -0.05) is 163 Å². The maximum Gasteiger partial charge on any atom is 0.216 e. The topological polar surface area (TPSA) is 0 Å². The zero-order chi connectivity index (χ0) is 20.1. The monoisotopic (exact) mass is 603 g/mol. The lowest BCUT2D eigenvalue weighted by Crippen LogP contribution is -2.68. The zero-order valence-electron chi connectivity index (χ0n) is 11.2. The molecule has 0 aliphatic heterocycles. The van der Waals surface area contributed by atoms with Crippen LogP contribution in [0.3, 0.4) is 0 Å². The molecule has 0 saturated heterocycles. The maximum absolute atomic E-state index is 6.35. The van der Waals surface area contributed by atoms with Crippen LogP contribution in [0.5, 0.6) is 0 Å². The number of halogens is 13. The fourth-order valence-electron chi connectivity index (χ4n) is 1.71. The van der Waals surface area contributed by atoms with E-state index in [2.05, 4.69) is 6.07 Å². The number of benzene rings is 1. The van der Waals surface area contributed by atoms with Gasteiger partial charge in [0.15, 0.2) is 17.9 Å². The van der Waals surface area contributed by atoms with Crippen molar-refractivity contribution in [3.8, 4) is 0 Å². The first-order chi connectivity index (χ1) is 10.9. The summed E-state index contributed by atoms with van der Waals surface area (Å²) in [6.45, 7) is 0. The highest BCUT2D eigenvalue weighted by Gasteiger charge is 2.79. The standard InChI is InChI=1S/C12H4Cl13/c13-7(14,6-4-2-1-3-5-6)9(16,17)10(18,19)8(15,11(20,21)22)12(23,24)25/h2-5H. The molecule has 0 aromatic heterocycles. The molecule has 0 aliphatic rings. The lowest BCUT2D eigenvalue weighted by molar-refractivity contribution is 0.450. The van der Waals surface area contributed by atoms with Crippen LogP contribution < -0.4 is 0 Å². The third-order valence-electron chi connectivity index (χ3n) is 3.08. The fraction of sp³-hybridized carbons (Fsp3) is 0.500. The first kappa shape index (κ1) is 26.0. The predicted octanol–water partition coefficient (Wildman–Crippen LogP) is 9.18. The van der Waals surface area contributed by atoms with E-state index in [4.69, 9.17) is 151 Å². The normalized spacial score (nSPS) is 15.4. The van der Waals surface area contributed by atoms with Gasteiger partial charge in [-0.2, -0.15) is 0 Å². The van der Waals surface area contributed by atoms with Crippen LogP contribution in [0, 0.1) is 6.07 Å². The smallest absolute Gasteiger partial charge is 0.106 e. The molecule has 0 N–H and O–H groups in total. The van der Waals surface area contributed by atoms with E-state index in [0.29, 0.717) is 0 Å². The quantitative estimate of drug-likeness (QED) is 0.299. The van der Waals surface area contributed by atoms with Crippen molar-refractivity contribution in [2.24, 2.45) is 0 Å². The van der Waals surface area contributed by atoms with E-state index in [1.165, 1.54) is 24.3 Å². The van der Waals surface area contributed by atoms with Crippen molar-refractivity contribution in [2.45, 2.75) is 25.5 Å². The molecule has 1 aromatic rings. The van der Waals surface area contributed by atoms with E-state index in [9.17, 15) is 0 Å². The summed E-state index contributed by atoms with van der Waals surface area (Å²) in [6.07, 6.45) is 0. The van der Waals surface area contributed by atoms with Crippen molar-refractivity contribution in [3.05, 3.63) is 35.9 Å². The van der Waals surface area contributed by atoms with Crippen LogP contribution in [-0.4, -0.2) is 21.1 Å². The Bertz CT molecular complexity index is 582. The molecular formula is C12H4Cl13. The molecule has 13 heteroatoms. The lowest BCUT2D eigenvalue weighted by atomic mass is 9.97. The Morgan fingerprint density at radius 1 is 0.560 bits per heavy atom. The molecule has 1 radical (unpaired) electrons. The molecule has 143 valence electrons. The van der Waals surface area contributed by atoms with E-state index in [1.54, 1.807) is 0 Å². The van der Waals surface area contributed by atoms with Gasteiger partial charge in [0, 0.05) is 0 Å². The average molecular weight is 609 g/mol. The number of hydrogen-bond donors (Lipinski definition) is 0. The minimum Gasteiger partial charge on any atom is -0.106 e. The van der Waals surface area contributed by atoms with E-state index in [-0.39, 0.29) is 5.56 Å². The summed E-state index contributed by atoms with van der Waals surface area (Å²) in [5, 5.41) is 0. The second-order valence-corrected chi connectivity index (χ2v) is 13.8. The van der Waals surface area contributed by atoms with Crippen LogP contribution in [0.15, 0.2) is 24.3 Å². The van der Waals surface area contributed by atoms with Crippen molar-refractivity contribution in [1.82, 2.24) is 0 Å². The molecular weight excluding hydrogens is 605 g/mol. The Labute approximate surface area is 210 Å². The summed E-state index contributed by atoms with van der Waals surface area (Å²) in [5.41, 5.74) is 0.179. The van der Waals surface area contributed by atoms with Crippen LogP contribution in [-0.2, 0) is 4.33 Å². The van der Waals surface area contributed by atoms with Crippen molar-refractivity contribution in [2.75, 3.05) is 0 Å². The van der Waals surface area contributed by atoms with Gasteiger partial charge in [0.2, 0.25) is 7.59 Å². The highest BCUT2D eigenvalue weighted by Crippen LogP contribution is 2.71. The van der Waals surface area contributed by atoms with E-state index >= 15 is 0 Å². The Balaban J connectivity index is 3.68. The highest BCUT2D eigenvalue weighted by molar-refractivity contribution is 6.82. The molecule has 0 heterocycles. The summed E-state index contributed by atoms with van der Waals surface area (Å²) < 4.78 is -12.6. The summed E-state index contributed by atoms with van der Waals surface area (Å²) in [4.78, 5) is -2.70. The SMILES string of the molecule is ClC(Cl)(Cl)C(Cl)(C(Cl)(Cl)Cl)C(Cl)(Cl)C(Cl)(Cl)C(Cl)(Cl)c1cc[c]cc1. The first-order valence-electron chi connectivity index (χ1n) is 5.78. The van der Waals surface area contributed by atoms with Crippen LogP contribution in [0.2, 0.25) is 0 Å². The molecule has 0 amide bonds. The first-order valence-corrected chi connectivity index (χ1v) is 10.7. The van der Waals surface area contributed by atoms with E-state index in [1.807, 2.05) is 0 Å². The zero-order valence-corrected chi connectivity index (χ0v) is 21.1. The molecule has 25 heavy (non-hydrogen) atoms. The molecule has 0 fully saturated rings. The Morgan fingerprint density at radius 2 is 0.920 bits per heavy atom. The minimum absolute atomic E-state index is 0.179. The van der Waals surface area contributed by atoms with Crippen molar-refractivity contribution in [3.63, 3.8) is 0 Å². The Kier molecular flexibility index (Phi) is 8.60. The number of alkyl halides is 13. The summed E-state index contributed by atoms with van der Waals surface area (Å²) in [5.74, 6) is 0. The second-order valence-electron chi connectivity index (χ2n) is 4.67. The van der Waals surface area contributed by atoms with Gasteiger partial charge in [0.05, 0.1) is 0 Å². The van der Waals surface area contributed by atoms with Crippen LogP contribution in [0.25, 0.3) is 0 Å². The van der Waals surface area contributed by atoms with Gasteiger partial charge in [-0.3, -0.25) is 0 Å². The van der Waals surface area contributed by atoms with E-state index < -0.39 is 25.5 Å². The Hall–Kier alpha value is 2.99. The van der Waals surface area contributed by atoms with Gasteiger partial charge in [-0.15, -0.1) is 11.6 Å². The molecule has 0 saturated carbocycles. The molecule has 1 rings (SSSR count). The number of hydrogen-bond acceptors (Lipinski definition) is 0. The highest BCUT2D eigenvalue weighted by atomic mass is 35.6. The maximum atomic E-state index is 6.35. The molecule has 0 atom stereocenters. The fourth-order valence-corrected chi connectivity index (χ4v) is 6.74. The molecule has 0 spiro atoms. The van der Waals surface area contributed by atoms with Gasteiger partial charge in [-0.25, -0.2) is 0 Å². The molecule has 0 bridgehead atoms. The van der Waals surface area contributed by atoms with Gasteiger partial charge in [-0.05, 0) is 11.6 Å². The van der Waals surface area contributed by atoms with Crippen molar-refractivity contribution in [1.29, 1.82) is 0 Å². The minimum atomic E-state index is -2.72. The van der Waals surface area contributed by atoms with Crippen LogP contribution in [0.1, 0.15) is 5.56 Å². The third-order valence-corrected chi connectivity index (χ3v) is 10.5. The summed E-state index contributed by atoms with van der Waals surface area (Å²) >= 11 is 79.6. The lowest BCUT2D eigenvalue weighted by Gasteiger charge is -2.53. The predicted molar refractivity (Wildman–Crippen MR) is 117 cm³/mol. The largest absolute Gasteiger partial charge is 0.216 e. The van der Waals surface area contributed by atoms with Crippen molar-refractivity contribution < 1.29 is 0 Å². The van der Waals surface area contributed by atoms with Gasteiger partial charge >= 0.3 is 0 Å². The summed E-state index contributed by atoms with van der Waals surface area (Å²) in [6, 6.07) is 8.62. The van der Waals surface area contributed by atoms with Gasteiger partial charge in [0.1, 0.15) is 0 Å². The van der Waals surface area contributed by atoms with Crippen molar-refractivity contribution >= 4 is 151 Å².